The summed E-state index contributed by atoms with van der Waals surface area (Å²) in [5.74, 6) is -1.32. The highest BCUT2D eigenvalue weighted by Crippen LogP contribution is 2.32. The minimum atomic E-state index is -1.64. The molecule has 0 radical (unpaired) electrons. The van der Waals surface area contributed by atoms with Crippen LogP contribution in [0.3, 0.4) is 0 Å². The number of hydrogen-bond acceptors (Lipinski definition) is 4. The molecule has 4 nitrogen and oxygen atoms in total. The van der Waals surface area contributed by atoms with Gasteiger partial charge in [0.1, 0.15) is 0 Å². The summed E-state index contributed by atoms with van der Waals surface area (Å²) in [6.45, 7) is 1.82. The van der Waals surface area contributed by atoms with E-state index < -0.39 is 17.4 Å². The molecule has 1 unspecified atom stereocenters. The first kappa shape index (κ1) is 17.0. The Morgan fingerprint density at radius 1 is 1.35 bits per heavy atom. The number of halogens is 1. The van der Waals surface area contributed by atoms with Crippen molar-refractivity contribution in [1.82, 2.24) is 0 Å². The van der Waals surface area contributed by atoms with Gasteiger partial charge in [0.15, 0.2) is 5.41 Å². The first-order valence-electron chi connectivity index (χ1n) is 6.14. The molecule has 0 bridgehead atoms. The molecule has 0 fully saturated rings. The maximum atomic E-state index is 12.3. The Morgan fingerprint density at radius 2 is 1.95 bits per heavy atom. The van der Waals surface area contributed by atoms with Crippen LogP contribution >= 0.6 is 27.7 Å². The lowest BCUT2D eigenvalue weighted by atomic mass is 9.78. The standard InChI is InChI=1S/C14H17BrO4S/c1-3-19-13(18)14(12(16)17,8-9-20-2)10-4-6-11(15)7-5-10/h4-7H,3,8-9H2,1-2H3,(H,16,17). The minimum absolute atomic E-state index is 0.156. The summed E-state index contributed by atoms with van der Waals surface area (Å²) >= 11 is 4.80. The normalized spacial score (nSPS) is 13.6. The van der Waals surface area contributed by atoms with Gasteiger partial charge in [0.05, 0.1) is 6.61 Å². The number of hydrogen-bond donors (Lipinski definition) is 1. The van der Waals surface area contributed by atoms with Crippen LogP contribution in [0.1, 0.15) is 18.9 Å². The molecule has 1 aromatic carbocycles. The Morgan fingerprint density at radius 3 is 2.40 bits per heavy atom. The van der Waals surface area contributed by atoms with Gasteiger partial charge in [-0.3, -0.25) is 9.59 Å². The molecular formula is C14H17BrO4S. The molecule has 20 heavy (non-hydrogen) atoms. The average molecular weight is 361 g/mol. The van der Waals surface area contributed by atoms with Gasteiger partial charge in [0.2, 0.25) is 0 Å². The number of carboxylic acid groups (broad SMARTS) is 1. The van der Waals surface area contributed by atoms with E-state index in [-0.39, 0.29) is 13.0 Å². The van der Waals surface area contributed by atoms with Crippen LogP contribution in [-0.4, -0.2) is 35.7 Å². The third-order valence-electron chi connectivity index (χ3n) is 3.01. The zero-order valence-corrected chi connectivity index (χ0v) is 13.8. The summed E-state index contributed by atoms with van der Waals surface area (Å²) in [5, 5.41) is 9.65. The fourth-order valence-electron chi connectivity index (χ4n) is 1.93. The number of rotatable bonds is 7. The summed E-state index contributed by atoms with van der Waals surface area (Å²) < 4.78 is 5.84. The van der Waals surface area contributed by atoms with E-state index in [1.54, 1.807) is 31.2 Å². The van der Waals surface area contributed by atoms with Crippen LogP contribution in [0.5, 0.6) is 0 Å². The van der Waals surface area contributed by atoms with Crippen LogP contribution in [0.15, 0.2) is 28.7 Å². The molecule has 0 aliphatic heterocycles. The van der Waals surface area contributed by atoms with Crippen LogP contribution in [0, 0.1) is 0 Å². The summed E-state index contributed by atoms with van der Waals surface area (Å²) in [4.78, 5) is 24.1. The van der Waals surface area contributed by atoms with E-state index in [1.165, 1.54) is 11.8 Å². The molecule has 0 aliphatic rings. The van der Waals surface area contributed by atoms with Crippen LogP contribution in [0.4, 0.5) is 0 Å². The molecule has 0 heterocycles. The van der Waals surface area contributed by atoms with Crippen molar-refractivity contribution in [1.29, 1.82) is 0 Å². The van der Waals surface area contributed by atoms with E-state index in [2.05, 4.69) is 15.9 Å². The van der Waals surface area contributed by atoms with Crippen molar-refractivity contribution in [3.63, 3.8) is 0 Å². The van der Waals surface area contributed by atoms with Crippen LogP contribution in [-0.2, 0) is 19.7 Å². The highest BCUT2D eigenvalue weighted by atomic mass is 79.9. The molecule has 0 aromatic heterocycles. The Kier molecular flexibility index (Phi) is 6.55. The lowest BCUT2D eigenvalue weighted by Crippen LogP contribution is -2.45. The van der Waals surface area contributed by atoms with Crippen molar-refractivity contribution in [2.75, 3.05) is 18.6 Å². The van der Waals surface area contributed by atoms with Crippen LogP contribution < -0.4 is 0 Å². The van der Waals surface area contributed by atoms with Gasteiger partial charge in [-0.05, 0) is 43.0 Å². The van der Waals surface area contributed by atoms with E-state index in [1.807, 2.05) is 6.26 Å². The second-order valence-corrected chi connectivity index (χ2v) is 6.08. The van der Waals surface area contributed by atoms with Crippen LogP contribution in [0.2, 0.25) is 0 Å². The predicted octanol–water partition coefficient (Wildman–Crippen LogP) is 3.09. The van der Waals surface area contributed by atoms with Crippen molar-refractivity contribution in [2.24, 2.45) is 0 Å². The van der Waals surface area contributed by atoms with E-state index in [9.17, 15) is 14.7 Å². The number of benzene rings is 1. The van der Waals surface area contributed by atoms with E-state index in [0.717, 1.165) is 4.47 Å². The molecule has 1 atom stereocenters. The van der Waals surface area contributed by atoms with Crippen molar-refractivity contribution in [2.45, 2.75) is 18.8 Å². The molecule has 1 rings (SSSR count). The second-order valence-electron chi connectivity index (χ2n) is 4.18. The van der Waals surface area contributed by atoms with Gasteiger partial charge < -0.3 is 9.84 Å². The van der Waals surface area contributed by atoms with Crippen molar-refractivity contribution < 1.29 is 19.4 Å². The van der Waals surface area contributed by atoms with E-state index in [4.69, 9.17) is 4.74 Å². The lowest BCUT2D eigenvalue weighted by molar-refractivity contribution is -0.161. The third kappa shape index (κ3) is 3.55. The largest absolute Gasteiger partial charge is 0.480 e. The number of ether oxygens (including phenoxy) is 1. The monoisotopic (exact) mass is 360 g/mol. The van der Waals surface area contributed by atoms with Gasteiger partial charge in [0, 0.05) is 4.47 Å². The quantitative estimate of drug-likeness (QED) is 0.597. The first-order chi connectivity index (χ1) is 9.48. The van der Waals surface area contributed by atoms with Gasteiger partial charge in [-0.25, -0.2) is 0 Å². The Bertz CT molecular complexity index is 475. The smallest absolute Gasteiger partial charge is 0.328 e. The zero-order chi connectivity index (χ0) is 15.2. The van der Waals surface area contributed by atoms with Crippen LogP contribution in [0.25, 0.3) is 0 Å². The maximum absolute atomic E-state index is 12.3. The molecular weight excluding hydrogens is 344 g/mol. The third-order valence-corrected chi connectivity index (χ3v) is 4.15. The first-order valence-corrected chi connectivity index (χ1v) is 8.33. The molecule has 0 amide bonds. The topological polar surface area (TPSA) is 63.6 Å². The fraction of sp³-hybridized carbons (Fsp3) is 0.429. The lowest BCUT2D eigenvalue weighted by Gasteiger charge is -2.27. The molecule has 110 valence electrons. The number of carbonyl (C=O) groups is 2. The average Bonchev–Trinajstić information content (AvgIpc) is 2.41. The Labute approximate surface area is 131 Å². The van der Waals surface area contributed by atoms with Crippen molar-refractivity contribution >= 4 is 39.6 Å². The Hall–Kier alpha value is -1.01. The SMILES string of the molecule is CCOC(=O)C(CCSC)(C(=O)O)c1ccc(Br)cc1. The van der Waals surface area contributed by atoms with Crippen molar-refractivity contribution in [3.05, 3.63) is 34.3 Å². The molecule has 0 spiro atoms. The summed E-state index contributed by atoms with van der Waals surface area (Å²) in [7, 11) is 0. The van der Waals surface area contributed by atoms with Gasteiger partial charge in [0.25, 0.3) is 0 Å². The van der Waals surface area contributed by atoms with Gasteiger partial charge in [-0.15, -0.1) is 0 Å². The Balaban J connectivity index is 3.31. The highest BCUT2D eigenvalue weighted by Gasteiger charge is 2.48. The van der Waals surface area contributed by atoms with E-state index in [0.29, 0.717) is 11.3 Å². The number of thioether (sulfide) groups is 1. The fourth-order valence-corrected chi connectivity index (χ4v) is 2.70. The predicted molar refractivity (Wildman–Crippen MR) is 83.1 cm³/mol. The zero-order valence-electron chi connectivity index (χ0n) is 11.4. The number of carboxylic acids is 1. The molecule has 1 N–H and O–H groups in total. The van der Waals surface area contributed by atoms with Gasteiger partial charge in [-0.2, -0.15) is 11.8 Å². The molecule has 6 heteroatoms. The van der Waals surface area contributed by atoms with Gasteiger partial charge in [-0.1, -0.05) is 28.1 Å². The number of carbonyl (C=O) groups excluding carboxylic acids is 1. The minimum Gasteiger partial charge on any atom is -0.480 e. The van der Waals surface area contributed by atoms with Crippen molar-refractivity contribution in [3.8, 4) is 0 Å². The summed E-state index contributed by atoms with van der Waals surface area (Å²) in [5.41, 5.74) is -1.19. The van der Waals surface area contributed by atoms with E-state index >= 15 is 0 Å². The summed E-state index contributed by atoms with van der Waals surface area (Å²) in [6.07, 6.45) is 2.07. The maximum Gasteiger partial charge on any atom is 0.328 e. The number of aliphatic carboxylic acids is 1. The summed E-state index contributed by atoms with van der Waals surface area (Å²) in [6, 6.07) is 6.75. The number of esters is 1. The molecule has 0 aliphatic carbocycles. The second kappa shape index (κ2) is 7.69. The van der Waals surface area contributed by atoms with Gasteiger partial charge >= 0.3 is 11.9 Å². The molecule has 0 saturated heterocycles. The highest BCUT2D eigenvalue weighted by molar-refractivity contribution is 9.10. The molecule has 1 aromatic rings. The molecule has 0 saturated carbocycles.